The van der Waals surface area contributed by atoms with Crippen molar-refractivity contribution in [3.05, 3.63) is 11.4 Å². The van der Waals surface area contributed by atoms with E-state index < -0.39 is 0 Å². The van der Waals surface area contributed by atoms with Gasteiger partial charge in [-0.15, -0.1) is 0 Å². The molecule has 1 aliphatic rings. The van der Waals surface area contributed by atoms with Crippen LogP contribution in [0.5, 0.6) is 0 Å². The number of nitrogens with zero attached hydrogens (tertiary/aromatic N) is 2. The van der Waals surface area contributed by atoms with Crippen LogP contribution >= 0.6 is 0 Å². The summed E-state index contributed by atoms with van der Waals surface area (Å²) in [6.45, 7) is 1.96. The Morgan fingerprint density at radius 2 is 2.20 bits per heavy atom. The Hall–Kier alpha value is -1.65. The number of nitrogens with one attached hydrogen (secondary N) is 1. The molecule has 5 heteroatoms. The number of amides is 1. The van der Waals surface area contributed by atoms with E-state index in [9.17, 15) is 4.79 Å². The van der Waals surface area contributed by atoms with Crippen LogP contribution in [0.4, 0.5) is 11.6 Å². The number of rotatable bonds is 1. The Bertz CT molecular complexity index is 403. The number of hydrogen-bond donors (Lipinski definition) is 2. The number of carbonyl (C=O) groups is 1. The second-order valence-corrected chi connectivity index (χ2v) is 3.61. The summed E-state index contributed by atoms with van der Waals surface area (Å²) in [5, 5.41) is 2.77. The standard InChI is InChI=1S/C10H14N4O/c1-2-7-12-9(11)6-4-3-5-8(15)14-10(6)13-7/h2-5H2,1H3,(H3,11,12,13,14,15). The number of aromatic nitrogens is 2. The van der Waals surface area contributed by atoms with Crippen LogP contribution in [0.1, 0.15) is 31.2 Å². The maximum Gasteiger partial charge on any atom is 0.225 e. The van der Waals surface area contributed by atoms with E-state index in [0.29, 0.717) is 30.3 Å². The topological polar surface area (TPSA) is 80.9 Å². The molecule has 0 fully saturated rings. The van der Waals surface area contributed by atoms with Crippen molar-refractivity contribution in [3.63, 3.8) is 0 Å². The quantitative estimate of drug-likeness (QED) is 0.715. The number of hydrogen-bond acceptors (Lipinski definition) is 4. The van der Waals surface area contributed by atoms with E-state index in [-0.39, 0.29) is 5.91 Å². The normalized spacial score (nSPS) is 15.4. The van der Waals surface area contributed by atoms with Gasteiger partial charge in [-0.2, -0.15) is 0 Å². The van der Waals surface area contributed by atoms with Crippen LogP contribution in [-0.2, 0) is 17.6 Å². The molecule has 1 aliphatic heterocycles. The molecule has 0 spiro atoms. The van der Waals surface area contributed by atoms with Crippen LogP contribution in [0.3, 0.4) is 0 Å². The van der Waals surface area contributed by atoms with E-state index in [2.05, 4.69) is 15.3 Å². The molecule has 3 N–H and O–H groups in total. The molecule has 0 aliphatic carbocycles. The summed E-state index contributed by atoms with van der Waals surface area (Å²) in [6, 6.07) is 0. The molecule has 0 radical (unpaired) electrons. The van der Waals surface area contributed by atoms with Crippen molar-refractivity contribution in [1.82, 2.24) is 9.97 Å². The second kappa shape index (κ2) is 3.84. The number of fused-ring (bicyclic) bond motifs is 1. The van der Waals surface area contributed by atoms with Crippen molar-refractivity contribution in [2.75, 3.05) is 11.1 Å². The van der Waals surface area contributed by atoms with Gasteiger partial charge in [-0.25, -0.2) is 9.97 Å². The summed E-state index contributed by atoms with van der Waals surface area (Å²) >= 11 is 0. The highest BCUT2D eigenvalue weighted by molar-refractivity contribution is 5.91. The van der Waals surface area contributed by atoms with Crippen molar-refractivity contribution in [2.24, 2.45) is 0 Å². The summed E-state index contributed by atoms with van der Waals surface area (Å²) in [5.41, 5.74) is 6.70. The average Bonchev–Trinajstić information content (AvgIpc) is 2.39. The molecule has 5 nitrogen and oxygen atoms in total. The lowest BCUT2D eigenvalue weighted by atomic mass is 10.1. The summed E-state index contributed by atoms with van der Waals surface area (Å²) in [7, 11) is 0. The number of nitrogens with two attached hydrogens (primary N) is 1. The van der Waals surface area contributed by atoms with Crippen molar-refractivity contribution >= 4 is 17.5 Å². The maximum atomic E-state index is 11.3. The number of aryl methyl sites for hydroxylation is 1. The summed E-state index contributed by atoms with van der Waals surface area (Å²) in [5.74, 6) is 1.78. The zero-order chi connectivity index (χ0) is 10.8. The van der Waals surface area contributed by atoms with Gasteiger partial charge in [0.15, 0.2) is 0 Å². The van der Waals surface area contributed by atoms with Crippen LogP contribution in [0.25, 0.3) is 0 Å². The van der Waals surface area contributed by atoms with Gasteiger partial charge in [-0.3, -0.25) is 4.79 Å². The van der Waals surface area contributed by atoms with Gasteiger partial charge in [0.25, 0.3) is 0 Å². The monoisotopic (exact) mass is 206 g/mol. The van der Waals surface area contributed by atoms with Crippen LogP contribution in [0.2, 0.25) is 0 Å². The highest BCUT2D eigenvalue weighted by Crippen LogP contribution is 2.24. The fraction of sp³-hybridized carbons (Fsp3) is 0.500. The first-order valence-corrected chi connectivity index (χ1v) is 5.15. The molecule has 0 saturated carbocycles. The minimum Gasteiger partial charge on any atom is -0.383 e. The largest absolute Gasteiger partial charge is 0.383 e. The second-order valence-electron chi connectivity index (χ2n) is 3.61. The molecular weight excluding hydrogens is 192 g/mol. The third-order valence-electron chi connectivity index (χ3n) is 2.49. The third-order valence-corrected chi connectivity index (χ3v) is 2.49. The Balaban J connectivity index is 2.47. The molecule has 1 aromatic heterocycles. The Morgan fingerprint density at radius 1 is 1.40 bits per heavy atom. The Labute approximate surface area is 88.1 Å². The Morgan fingerprint density at radius 3 is 2.93 bits per heavy atom. The molecule has 80 valence electrons. The average molecular weight is 206 g/mol. The van der Waals surface area contributed by atoms with E-state index >= 15 is 0 Å². The molecule has 0 unspecified atom stereocenters. The van der Waals surface area contributed by atoms with Gasteiger partial charge in [-0.05, 0) is 12.8 Å². The van der Waals surface area contributed by atoms with Gasteiger partial charge in [0.2, 0.25) is 5.91 Å². The molecule has 1 aromatic rings. The first-order chi connectivity index (χ1) is 7.20. The van der Waals surface area contributed by atoms with Crippen molar-refractivity contribution < 1.29 is 4.79 Å². The van der Waals surface area contributed by atoms with Gasteiger partial charge in [0.05, 0.1) is 0 Å². The number of nitrogen functional groups attached to an aromatic ring is 1. The lowest BCUT2D eigenvalue weighted by Gasteiger charge is -2.09. The zero-order valence-electron chi connectivity index (χ0n) is 8.71. The Kier molecular flexibility index (Phi) is 2.53. The lowest BCUT2D eigenvalue weighted by Crippen LogP contribution is -2.13. The summed E-state index contributed by atoms with van der Waals surface area (Å²) in [4.78, 5) is 19.8. The van der Waals surface area contributed by atoms with Gasteiger partial charge < -0.3 is 11.1 Å². The van der Waals surface area contributed by atoms with Gasteiger partial charge in [0, 0.05) is 18.4 Å². The molecule has 0 saturated heterocycles. The molecule has 15 heavy (non-hydrogen) atoms. The molecule has 0 bridgehead atoms. The lowest BCUT2D eigenvalue weighted by molar-refractivity contribution is -0.116. The highest BCUT2D eigenvalue weighted by atomic mass is 16.1. The molecule has 1 amide bonds. The smallest absolute Gasteiger partial charge is 0.225 e. The van der Waals surface area contributed by atoms with Gasteiger partial charge >= 0.3 is 0 Å². The van der Waals surface area contributed by atoms with Gasteiger partial charge in [-0.1, -0.05) is 6.92 Å². The predicted octanol–water partition coefficient (Wildman–Crippen LogP) is 0.896. The van der Waals surface area contributed by atoms with Crippen molar-refractivity contribution in [3.8, 4) is 0 Å². The van der Waals surface area contributed by atoms with E-state index in [1.165, 1.54) is 0 Å². The first-order valence-electron chi connectivity index (χ1n) is 5.15. The minimum absolute atomic E-state index is 0.00824. The van der Waals surface area contributed by atoms with E-state index in [1.54, 1.807) is 0 Å². The van der Waals surface area contributed by atoms with Gasteiger partial charge in [0.1, 0.15) is 17.5 Å². The SMILES string of the molecule is CCc1nc(N)c2c(n1)NC(=O)CCC2. The van der Waals surface area contributed by atoms with Crippen LogP contribution in [0.15, 0.2) is 0 Å². The van der Waals surface area contributed by atoms with Crippen molar-refractivity contribution in [1.29, 1.82) is 0 Å². The number of anilines is 2. The van der Waals surface area contributed by atoms with Crippen molar-refractivity contribution in [2.45, 2.75) is 32.6 Å². The number of carbonyl (C=O) groups excluding carboxylic acids is 1. The predicted molar refractivity (Wildman–Crippen MR) is 57.4 cm³/mol. The van der Waals surface area contributed by atoms with Crippen LogP contribution < -0.4 is 11.1 Å². The molecule has 0 atom stereocenters. The van der Waals surface area contributed by atoms with E-state index in [0.717, 1.165) is 18.4 Å². The first kappa shape index (κ1) is 9.89. The zero-order valence-corrected chi connectivity index (χ0v) is 8.71. The van der Waals surface area contributed by atoms with Crippen LogP contribution in [-0.4, -0.2) is 15.9 Å². The third kappa shape index (κ3) is 1.91. The molecule has 2 rings (SSSR count). The fourth-order valence-corrected chi connectivity index (χ4v) is 1.68. The molecule has 0 aromatic carbocycles. The minimum atomic E-state index is 0.00824. The summed E-state index contributed by atoms with van der Waals surface area (Å²) in [6.07, 6.45) is 2.81. The fourth-order valence-electron chi connectivity index (χ4n) is 1.68. The highest BCUT2D eigenvalue weighted by Gasteiger charge is 2.17. The summed E-state index contributed by atoms with van der Waals surface area (Å²) < 4.78 is 0. The van der Waals surface area contributed by atoms with E-state index in [4.69, 9.17) is 5.73 Å². The molecule has 2 heterocycles. The maximum absolute atomic E-state index is 11.3. The van der Waals surface area contributed by atoms with Crippen LogP contribution in [0, 0.1) is 0 Å². The molecular formula is C10H14N4O. The van der Waals surface area contributed by atoms with E-state index in [1.807, 2.05) is 6.92 Å².